The zero-order valence-electron chi connectivity index (χ0n) is 15.6. The quantitative estimate of drug-likeness (QED) is 0.513. The Morgan fingerprint density at radius 3 is 2.61 bits per heavy atom. The minimum Gasteiger partial charge on any atom is -0.548 e. The number of aliphatic carboxylic acids is 1. The van der Waals surface area contributed by atoms with Crippen LogP contribution < -0.4 is 10.4 Å². The van der Waals surface area contributed by atoms with Crippen LogP contribution in [0.3, 0.4) is 0 Å². The topological polar surface area (TPSA) is 89.5 Å². The number of carbonyl (C=O) groups excluding carboxylic acids is 3. The molecular formula is C20H21N2O4S2-. The monoisotopic (exact) mass is 417 g/mol. The summed E-state index contributed by atoms with van der Waals surface area (Å²) in [7, 11) is 0. The highest BCUT2D eigenvalue weighted by Gasteiger charge is 2.32. The molecule has 0 aliphatic carbocycles. The number of thiocarbonyl (C=S) groups is 1. The molecule has 6 nitrogen and oxygen atoms in total. The third-order valence-corrected chi connectivity index (χ3v) is 5.39. The molecule has 1 saturated heterocycles. The number of amides is 2. The molecule has 0 aromatic heterocycles. The van der Waals surface area contributed by atoms with Gasteiger partial charge in [-0.3, -0.25) is 14.5 Å². The smallest absolute Gasteiger partial charge is 0.266 e. The van der Waals surface area contributed by atoms with Crippen molar-refractivity contribution in [2.24, 2.45) is 0 Å². The van der Waals surface area contributed by atoms with E-state index in [2.05, 4.69) is 5.32 Å². The van der Waals surface area contributed by atoms with E-state index in [-0.39, 0.29) is 25.3 Å². The van der Waals surface area contributed by atoms with Crippen molar-refractivity contribution in [1.82, 2.24) is 10.2 Å². The summed E-state index contributed by atoms with van der Waals surface area (Å²) >= 11 is 6.44. The summed E-state index contributed by atoms with van der Waals surface area (Å²) in [6, 6.07) is 8.71. The Morgan fingerprint density at radius 2 is 2.00 bits per heavy atom. The Balaban J connectivity index is 1.98. The van der Waals surface area contributed by atoms with E-state index in [1.165, 1.54) is 16.7 Å². The molecule has 1 aliphatic heterocycles. The molecule has 1 fully saturated rings. The fourth-order valence-corrected chi connectivity index (χ4v) is 3.92. The van der Waals surface area contributed by atoms with Crippen molar-refractivity contribution in [3.63, 3.8) is 0 Å². The number of carboxylic acid groups (broad SMARTS) is 1. The summed E-state index contributed by atoms with van der Waals surface area (Å²) < 4.78 is 0.378. The molecule has 1 aliphatic rings. The van der Waals surface area contributed by atoms with Gasteiger partial charge in [-0.2, -0.15) is 0 Å². The maximum Gasteiger partial charge on any atom is 0.266 e. The van der Waals surface area contributed by atoms with Crippen molar-refractivity contribution < 1.29 is 19.5 Å². The van der Waals surface area contributed by atoms with E-state index in [1.54, 1.807) is 13.0 Å². The van der Waals surface area contributed by atoms with Gasteiger partial charge in [-0.05, 0) is 30.6 Å². The molecule has 0 radical (unpaired) electrons. The predicted octanol–water partition coefficient (Wildman–Crippen LogP) is 1.87. The lowest BCUT2D eigenvalue weighted by Gasteiger charge is -2.19. The molecule has 0 bridgehead atoms. The molecule has 2 amide bonds. The summed E-state index contributed by atoms with van der Waals surface area (Å²) in [5.74, 6) is -2.05. The van der Waals surface area contributed by atoms with Crippen LogP contribution in [0, 0.1) is 0 Å². The normalized spacial score (nSPS) is 17.1. The molecule has 28 heavy (non-hydrogen) atoms. The van der Waals surface area contributed by atoms with Crippen molar-refractivity contribution in [3.8, 4) is 0 Å². The first-order chi connectivity index (χ1) is 13.3. The first-order valence-corrected chi connectivity index (χ1v) is 10.0. The van der Waals surface area contributed by atoms with Crippen LogP contribution in [0.15, 0.2) is 46.9 Å². The van der Waals surface area contributed by atoms with Gasteiger partial charge in [0.05, 0.1) is 16.9 Å². The third kappa shape index (κ3) is 6.03. The number of nitrogens with one attached hydrogen (secondary N) is 1. The van der Waals surface area contributed by atoms with Gasteiger partial charge in [0.15, 0.2) is 0 Å². The summed E-state index contributed by atoms with van der Waals surface area (Å²) in [6.45, 7) is 3.63. The van der Waals surface area contributed by atoms with Gasteiger partial charge in [0.25, 0.3) is 5.91 Å². The highest BCUT2D eigenvalue weighted by molar-refractivity contribution is 8.26. The number of hydrogen-bond donors (Lipinski definition) is 1. The van der Waals surface area contributed by atoms with E-state index in [4.69, 9.17) is 12.2 Å². The van der Waals surface area contributed by atoms with Gasteiger partial charge in [0.2, 0.25) is 5.91 Å². The zero-order valence-corrected chi connectivity index (χ0v) is 17.3. The Kier molecular flexibility index (Phi) is 7.95. The first kappa shape index (κ1) is 21.8. The highest BCUT2D eigenvalue weighted by atomic mass is 32.2. The minimum absolute atomic E-state index is 0.0393. The second-order valence-corrected chi connectivity index (χ2v) is 7.91. The van der Waals surface area contributed by atoms with Gasteiger partial charge >= 0.3 is 0 Å². The molecule has 148 valence electrons. The molecule has 0 saturated carbocycles. The van der Waals surface area contributed by atoms with Crippen molar-refractivity contribution in [1.29, 1.82) is 0 Å². The van der Waals surface area contributed by atoms with Crippen LogP contribution in [-0.4, -0.2) is 39.6 Å². The van der Waals surface area contributed by atoms with Crippen LogP contribution in [0.5, 0.6) is 0 Å². The Labute approximate surface area is 173 Å². The third-order valence-electron chi connectivity index (χ3n) is 4.02. The predicted molar refractivity (Wildman–Crippen MR) is 112 cm³/mol. The molecule has 1 atom stereocenters. The number of rotatable bonds is 8. The first-order valence-electron chi connectivity index (χ1n) is 8.80. The van der Waals surface area contributed by atoms with Gasteiger partial charge in [-0.1, -0.05) is 67.3 Å². The second-order valence-electron chi connectivity index (χ2n) is 6.23. The van der Waals surface area contributed by atoms with E-state index in [1.807, 2.05) is 43.3 Å². The lowest BCUT2D eigenvalue weighted by Crippen LogP contribution is -2.48. The standard InChI is InChI=1S/C20H22N2O4S2/c1-3-15(19(25)26)21-17(23)9-10-22-18(24)16(28-20(22)27)12-13(2)11-14-7-5-4-6-8-14/h4-8,11-12,15H,3,9-10H2,1-2H3,(H,21,23)(H,25,26)/p-1/b13-11+,16-12+/t15-/m1/s1. The molecule has 0 unspecified atom stereocenters. The van der Waals surface area contributed by atoms with E-state index >= 15 is 0 Å². The maximum absolute atomic E-state index is 12.6. The van der Waals surface area contributed by atoms with Crippen LogP contribution in [-0.2, 0) is 14.4 Å². The lowest BCUT2D eigenvalue weighted by atomic mass is 10.1. The number of thioether (sulfide) groups is 1. The SMILES string of the molecule is CC[C@@H](NC(=O)CCN1C(=O)/C(=C\C(C)=C\c2ccccc2)SC1=S)C(=O)[O-]. The van der Waals surface area contributed by atoms with E-state index in [0.717, 1.165) is 11.1 Å². The summed E-state index contributed by atoms with van der Waals surface area (Å²) in [6.07, 6.45) is 3.92. The maximum atomic E-state index is 12.6. The molecule has 0 spiro atoms. The van der Waals surface area contributed by atoms with Crippen molar-refractivity contribution >= 4 is 52.2 Å². The van der Waals surface area contributed by atoms with Crippen LogP contribution >= 0.6 is 24.0 Å². The van der Waals surface area contributed by atoms with Crippen LogP contribution in [0.2, 0.25) is 0 Å². The summed E-state index contributed by atoms with van der Waals surface area (Å²) in [5, 5.41) is 13.3. The number of allylic oxidation sites excluding steroid dienone is 2. The average molecular weight is 418 g/mol. The van der Waals surface area contributed by atoms with Gasteiger partial charge in [-0.25, -0.2) is 0 Å². The van der Waals surface area contributed by atoms with Gasteiger partial charge in [0, 0.05) is 13.0 Å². The van der Waals surface area contributed by atoms with Crippen LogP contribution in [0.25, 0.3) is 6.08 Å². The largest absolute Gasteiger partial charge is 0.548 e. The molecule has 1 heterocycles. The number of carboxylic acids is 1. The number of nitrogens with zero attached hydrogens (tertiary/aromatic N) is 1. The Hall–Kier alpha value is -2.45. The van der Waals surface area contributed by atoms with Gasteiger partial charge in [0.1, 0.15) is 4.32 Å². The summed E-state index contributed by atoms with van der Waals surface area (Å²) in [5.41, 5.74) is 1.94. The molecule has 1 N–H and O–H groups in total. The fraction of sp³-hybridized carbons (Fsp3) is 0.300. The van der Waals surface area contributed by atoms with Crippen molar-refractivity contribution in [2.45, 2.75) is 32.7 Å². The lowest BCUT2D eigenvalue weighted by molar-refractivity contribution is -0.308. The number of benzene rings is 1. The van der Waals surface area contributed by atoms with E-state index in [9.17, 15) is 19.5 Å². The van der Waals surface area contributed by atoms with Gasteiger partial charge in [-0.15, -0.1) is 0 Å². The molecule has 1 aromatic carbocycles. The Bertz CT molecular complexity index is 834. The fourth-order valence-electron chi connectivity index (χ4n) is 2.56. The van der Waals surface area contributed by atoms with Crippen molar-refractivity contribution in [3.05, 3.63) is 52.4 Å². The minimum atomic E-state index is -1.33. The second kappa shape index (κ2) is 10.2. The molecule has 8 heteroatoms. The van der Waals surface area contributed by atoms with E-state index in [0.29, 0.717) is 9.23 Å². The number of hydrogen-bond acceptors (Lipinski definition) is 6. The molecular weight excluding hydrogens is 396 g/mol. The molecule has 1 aromatic rings. The van der Waals surface area contributed by atoms with Gasteiger partial charge < -0.3 is 15.2 Å². The molecule has 2 rings (SSSR count). The van der Waals surface area contributed by atoms with Crippen molar-refractivity contribution in [2.75, 3.05) is 6.54 Å². The zero-order chi connectivity index (χ0) is 20.7. The highest BCUT2D eigenvalue weighted by Crippen LogP contribution is 2.32. The van der Waals surface area contributed by atoms with E-state index < -0.39 is 17.9 Å². The van der Waals surface area contributed by atoms with Crippen LogP contribution in [0.1, 0.15) is 32.3 Å². The number of carbonyl (C=O) groups is 3. The Morgan fingerprint density at radius 1 is 1.32 bits per heavy atom. The van der Waals surface area contributed by atoms with Crippen LogP contribution in [0.4, 0.5) is 0 Å². The average Bonchev–Trinajstić information content (AvgIpc) is 2.91. The summed E-state index contributed by atoms with van der Waals surface area (Å²) in [4.78, 5) is 37.3.